The zero-order chi connectivity index (χ0) is 29.2. The first-order valence-corrected chi connectivity index (χ1v) is 14.7. The van der Waals surface area contributed by atoms with E-state index in [0.29, 0.717) is 11.4 Å². The van der Waals surface area contributed by atoms with Crippen LogP contribution in [0.4, 0.5) is 0 Å². The van der Waals surface area contributed by atoms with Crippen molar-refractivity contribution in [2.24, 2.45) is 11.3 Å². The minimum absolute atomic E-state index is 0.0119. The normalized spacial score (nSPS) is 19.8. The van der Waals surface area contributed by atoms with Crippen molar-refractivity contribution >= 4 is 39.3 Å². The molecule has 1 fully saturated rings. The predicted octanol–water partition coefficient (Wildman–Crippen LogP) is 3.46. The number of carbonyl (C=O) groups is 3. The van der Waals surface area contributed by atoms with Crippen LogP contribution < -0.4 is 10.0 Å². The highest BCUT2D eigenvalue weighted by molar-refractivity contribution is 7.90. The third-order valence-corrected chi connectivity index (χ3v) is 8.90. The zero-order valence-corrected chi connectivity index (χ0v) is 24.4. The molecule has 0 aliphatic carbocycles. The number of aliphatic hydroxyl groups is 1. The Balaban J connectivity index is 1.78. The summed E-state index contributed by atoms with van der Waals surface area (Å²) in [6.45, 7) is 9.48. The molecule has 0 radical (unpaired) electrons. The number of hydrogen-bond donors (Lipinski definition) is 3. The van der Waals surface area contributed by atoms with Gasteiger partial charge in [0.05, 0.1) is 10.5 Å². The highest BCUT2D eigenvalue weighted by atomic mass is 35.5. The van der Waals surface area contributed by atoms with Gasteiger partial charge in [0.2, 0.25) is 11.8 Å². The first kappa shape index (κ1) is 30.6. The van der Waals surface area contributed by atoms with E-state index in [-0.39, 0.29) is 41.8 Å². The molecule has 2 aromatic rings. The van der Waals surface area contributed by atoms with E-state index in [2.05, 4.69) is 5.32 Å². The van der Waals surface area contributed by atoms with Crippen molar-refractivity contribution in [3.63, 3.8) is 0 Å². The smallest absolute Gasteiger partial charge is 0.264 e. The molecule has 11 heteroatoms. The van der Waals surface area contributed by atoms with Crippen LogP contribution in [0.5, 0.6) is 0 Å². The van der Waals surface area contributed by atoms with E-state index in [0.717, 1.165) is 5.56 Å². The van der Waals surface area contributed by atoms with Crippen LogP contribution in [-0.2, 0) is 25.2 Å². The van der Waals surface area contributed by atoms with Crippen LogP contribution >= 0.6 is 11.6 Å². The van der Waals surface area contributed by atoms with E-state index in [9.17, 15) is 27.9 Å². The molecule has 0 saturated carbocycles. The monoisotopic (exact) mass is 577 g/mol. The van der Waals surface area contributed by atoms with Gasteiger partial charge in [0.1, 0.15) is 6.04 Å². The Labute approximate surface area is 235 Å². The Morgan fingerprint density at radius 2 is 1.74 bits per heavy atom. The molecular weight excluding hydrogens is 542 g/mol. The Hall–Kier alpha value is -2.95. The Bertz CT molecular complexity index is 1340. The third-order valence-electron chi connectivity index (χ3n) is 7.28. The highest BCUT2D eigenvalue weighted by Crippen LogP contribution is 2.46. The van der Waals surface area contributed by atoms with E-state index in [1.165, 1.54) is 31.2 Å². The van der Waals surface area contributed by atoms with Gasteiger partial charge in [0.25, 0.3) is 15.9 Å². The summed E-state index contributed by atoms with van der Waals surface area (Å²) in [5.74, 6) is -1.83. The van der Waals surface area contributed by atoms with Crippen molar-refractivity contribution in [1.82, 2.24) is 14.9 Å². The number of sulfonamides is 1. The number of carbonyl (C=O) groups excluding carboxylic acids is 3. The van der Waals surface area contributed by atoms with Gasteiger partial charge in [-0.2, -0.15) is 0 Å². The molecule has 212 valence electrons. The minimum Gasteiger partial charge on any atom is -0.384 e. The summed E-state index contributed by atoms with van der Waals surface area (Å²) in [5, 5.41) is 15.0. The number of hydrogen-bond acceptors (Lipinski definition) is 6. The van der Waals surface area contributed by atoms with Gasteiger partial charge in [0, 0.05) is 35.5 Å². The second kappa shape index (κ2) is 11.7. The van der Waals surface area contributed by atoms with Gasteiger partial charge >= 0.3 is 0 Å². The molecule has 1 heterocycles. The SMILES string of the molecule is CCC(=O)NS(=O)(=O)c1cccc(C(=O)NC(C(=O)N2CCC(O)(c3ccc(Cl)cc3)C(C)(C)C2)C(C)C)c1. The van der Waals surface area contributed by atoms with E-state index in [1.54, 1.807) is 29.2 Å². The summed E-state index contributed by atoms with van der Waals surface area (Å²) >= 11 is 6.02. The van der Waals surface area contributed by atoms with Crippen molar-refractivity contribution in [2.75, 3.05) is 13.1 Å². The highest BCUT2D eigenvalue weighted by Gasteiger charge is 2.50. The fourth-order valence-electron chi connectivity index (χ4n) is 4.79. The van der Waals surface area contributed by atoms with E-state index in [1.807, 2.05) is 32.4 Å². The summed E-state index contributed by atoms with van der Waals surface area (Å²) in [6, 6.07) is 11.4. The molecule has 3 N–H and O–H groups in total. The van der Waals surface area contributed by atoms with Crippen molar-refractivity contribution in [2.45, 2.75) is 64.0 Å². The lowest BCUT2D eigenvalue weighted by Crippen LogP contribution is -2.60. The number of nitrogens with one attached hydrogen (secondary N) is 2. The summed E-state index contributed by atoms with van der Waals surface area (Å²) in [7, 11) is -4.14. The molecular formula is C28H36ClN3O6S. The maximum Gasteiger partial charge on any atom is 0.264 e. The Kier molecular flexibility index (Phi) is 9.14. The van der Waals surface area contributed by atoms with E-state index >= 15 is 0 Å². The van der Waals surface area contributed by atoms with Gasteiger partial charge in [-0.25, -0.2) is 13.1 Å². The van der Waals surface area contributed by atoms with Crippen LogP contribution in [0.15, 0.2) is 53.4 Å². The lowest BCUT2D eigenvalue weighted by molar-refractivity contribution is -0.155. The molecule has 2 unspecified atom stereocenters. The molecule has 0 aromatic heterocycles. The molecule has 3 amide bonds. The fourth-order valence-corrected chi connectivity index (χ4v) is 6.02. The van der Waals surface area contributed by atoms with Crippen molar-refractivity contribution in [1.29, 1.82) is 0 Å². The Morgan fingerprint density at radius 1 is 1.10 bits per heavy atom. The standard InChI is InChI=1S/C28H36ClN3O6S/c1-6-23(33)31-39(37,38)22-9-7-8-19(16-22)25(34)30-24(18(2)3)26(35)32-15-14-28(36,27(4,5)17-32)20-10-12-21(29)13-11-20/h7-13,16,18,24,36H,6,14-15,17H2,1-5H3,(H,30,34)(H,31,33). The van der Waals surface area contributed by atoms with Gasteiger partial charge in [-0.15, -0.1) is 0 Å². The summed E-state index contributed by atoms with van der Waals surface area (Å²) in [4.78, 5) is 39.8. The molecule has 1 aliphatic rings. The first-order chi connectivity index (χ1) is 18.1. The molecule has 2 aromatic carbocycles. The topological polar surface area (TPSA) is 133 Å². The molecule has 3 rings (SSSR count). The Morgan fingerprint density at radius 3 is 2.31 bits per heavy atom. The summed E-state index contributed by atoms with van der Waals surface area (Å²) < 4.78 is 27.0. The van der Waals surface area contributed by atoms with Gasteiger partial charge in [0.15, 0.2) is 0 Å². The quantitative estimate of drug-likeness (QED) is 0.440. The number of piperidine rings is 1. The van der Waals surface area contributed by atoms with Crippen LogP contribution in [0.2, 0.25) is 5.02 Å². The van der Waals surface area contributed by atoms with E-state index < -0.39 is 38.9 Å². The molecule has 9 nitrogen and oxygen atoms in total. The molecule has 1 saturated heterocycles. The number of nitrogens with zero attached hydrogens (tertiary/aromatic N) is 1. The predicted molar refractivity (Wildman–Crippen MR) is 148 cm³/mol. The van der Waals surface area contributed by atoms with Crippen molar-refractivity contribution in [3.05, 3.63) is 64.7 Å². The maximum atomic E-state index is 13.6. The summed E-state index contributed by atoms with van der Waals surface area (Å²) in [6.07, 6.45) is 0.289. The number of likely N-dealkylation sites (tertiary alicyclic amines) is 1. The zero-order valence-electron chi connectivity index (χ0n) is 22.8. The minimum atomic E-state index is -4.14. The van der Waals surface area contributed by atoms with Crippen LogP contribution in [-0.4, -0.2) is 55.3 Å². The van der Waals surface area contributed by atoms with Crippen LogP contribution in [0.25, 0.3) is 0 Å². The number of amides is 3. The third kappa shape index (κ3) is 6.62. The second-order valence-electron chi connectivity index (χ2n) is 10.9. The van der Waals surface area contributed by atoms with Crippen LogP contribution in [0.3, 0.4) is 0 Å². The maximum absolute atomic E-state index is 13.6. The van der Waals surface area contributed by atoms with Gasteiger partial charge in [-0.3, -0.25) is 14.4 Å². The van der Waals surface area contributed by atoms with Gasteiger partial charge in [-0.1, -0.05) is 64.4 Å². The summed E-state index contributed by atoms with van der Waals surface area (Å²) in [5.41, 5.74) is -1.12. The largest absolute Gasteiger partial charge is 0.384 e. The van der Waals surface area contributed by atoms with Gasteiger partial charge in [-0.05, 0) is 48.2 Å². The number of benzene rings is 2. The average Bonchev–Trinajstić information content (AvgIpc) is 2.88. The van der Waals surface area contributed by atoms with Crippen LogP contribution in [0, 0.1) is 11.3 Å². The van der Waals surface area contributed by atoms with Crippen LogP contribution in [0.1, 0.15) is 63.4 Å². The number of halogens is 1. The molecule has 0 spiro atoms. The molecule has 39 heavy (non-hydrogen) atoms. The first-order valence-electron chi connectivity index (χ1n) is 12.8. The van der Waals surface area contributed by atoms with Crippen molar-refractivity contribution in [3.8, 4) is 0 Å². The number of rotatable bonds is 8. The fraction of sp³-hybridized carbons (Fsp3) is 0.464. The van der Waals surface area contributed by atoms with Gasteiger partial charge < -0.3 is 15.3 Å². The van der Waals surface area contributed by atoms with Crippen molar-refractivity contribution < 1.29 is 27.9 Å². The lowest BCUT2D eigenvalue weighted by atomic mass is 9.66. The van der Waals surface area contributed by atoms with E-state index in [4.69, 9.17) is 11.6 Å². The average molecular weight is 578 g/mol. The lowest BCUT2D eigenvalue weighted by Gasteiger charge is -2.51. The second-order valence-corrected chi connectivity index (χ2v) is 13.0. The molecule has 0 bridgehead atoms. The molecule has 2 atom stereocenters. The molecule has 1 aliphatic heterocycles.